The van der Waals surface area contributed by atoms with Crippen LogP contribution < -0.4 is 5.32 Å². The van der Waals surface area contributed by atoms with Gasteiger partial charge in [-0.1, -0.05) is 27.7 Å². The van der Waals surface area contributed by atoms with Gasteiger partial charge in [0.25, 0.3) is 0 Å². The molecule has 0 aliphatic rings. The summed E-state index contributed by atoms with van der Waals surface area (Å²) < 4.78 is 0. The summed E-state index contributed by atoms with van der Waals surface area (Å²) in [5.74, 6) is 0.674. The van der Waals surface area contributed by atoms with E-state index in [0.717, 1.165) is 6.42 Å². The predicted molar refractivity (Wildman–Crippen MR) is 61.0 cm³/mol. The Bertz CT molecular complexity index is 228. The van der Waals surface area contributed by atoms with Gasteiger partial charge in [-0.2, -0.15) is 5.26 Å². The average molecular weight is 210 g/mol. The number of amides is 1. The van der Waals surface area contributed by atoms with Crippen molar-refractivity contribution in [3.05, 3.63) is 0 Å². The van der Waals surface area contributed by atoms with Gasteiger partial charge in [-0.3, -0.25) is 4.79 Å². The second kappa shape index (κ2) is 7.28. The summed E-state index contributed by atoms with van der Waals surface area (Å²) in [6.07, 6.45) is 1.32. The molecule has 0 rings (SSSR count). The minimum atomic E-state index is -0.163. The summed E-state index contributed by atoms with van der Waals surface area (Å²) in [7, 11) is 0. The number of nitrogens with one attached hydrogen (secondary N) is 1. The molecule has 86 valence electrons. The van der Waals surface area contributed by atoms with Gasteiger partial charge in [-0.25, -0.2) is 0 Å². The van der Waals surface area contributed by atoms with Gasteiger partial charge in [0.05, 0.1) is 12.0 Å². The first-order valence-electron chi connectivity index (χ1n) is 5.63. The molecule has 0 aromatic rings. The van der Waals surface area contributed by atoms with Crippen molar-refractivity contribution < 1.29 is 4.79 Å². The van der Waals surface area contributed by atoms with Crippen molar-refractivity contribution in [2.24, 2.45) is 17.8 Å². The van der Waals surface area contributed by atoms with E-state index in [1.54, 1.807) is 0 Å². The molecule has 0 aliphatic heterocycles. The van der Waals surface area contributed by atoms with E-state index in [-0.39, 0.29) is 17.7 Å². The molecule has 3 heteroatoms. The third-order valence-corrected chi connectivity index (χ3v) is 2.42. The monoisotopic (exact) mass is 210 g/mol. The van der Waals surface area contributed by atoms with Crippen LogP contribution in [-0.2, 0) is 4.79 Å². The van der Waals surface area contributed by atoms with Gasteiger partial charge >= 0.3 is 0 Å². The maximum atomic E-state index is 11.4. The van der Waals surface area contributed by atoms with Crippen molar-refractivity contribution in [1.82, 2.24) is 5.32 Å². The normalized spacial score (nSPS) is 12.6. The van der Waals surface area contributed by atoms with Crippen LogP contribution in [0.3, 0.4) is 0 Å². The van der Waals surface area contributed by atoms with E-state index < -0.39 is 0 Å². The zero-order valence-corrected chi connectivity index (χ0v) is 10.2. The van der Waals surface area contributed by atoms with Crippen molar-refractivity contribution in [3.63, 3.8) is 0 Å². The van der Waals surface area contributed by atoms with Crippen molar-refractivity contribution in [2.75, 3.05) is 6.54 Å². The Morgan fingerprint density at radius 1 is 1.33 bits per heavy atom. The van der Waals surface area contributed by atoms with Crippen LogP contribution in [0.5, 0.6) is 0 Å². The lowest BCUT2D eigenvalue weighted by molar-refractivity contribution is -0.121. The van der Waals surface area contributed by atoms with Crippen molar-refractivity contribution >= 4 is 5.91 Å². The standard InChI is InChI=1S/C12H22N2O/c1-9(2)5-6-14-12(15)7-11(8-13)10(3)4/h9-11H,5-7H2,1-4H3,(H,14,15). The molecule has 0 aromatic heterocycles. The van der Waals surface area contributed by atoms with Crippen LogP contribution in [0.25, 0.3) is 0 Å². The first kappa shape index (κ1) is 14.0. The second-order valence-electron chi connectivity index (χ2n) is 4.72. The molecular formula is C12H22N2O. The highest BCUT2D eigenvalue weighted by Crippen LogP contribution is 2.13. The Hall–Kier alpha value is -1.04. The highest BCUT2D eigenvalue weighted by atomic mass is 16.1. The molecule has 0 spiro atoms. The van der Waals surface area contributed by atoms with Gasteiger partial charge in [0, 0.05) is 13.0 Å². The number of hydrogen-bond acceptors (Lipinski definition) is 2. The van der Waals surface area contributed by atoms with Crippen LogP contribution >= 0.6 is 0 Å². The molecule has 1 unspecified atom stereocenters. The fourth-order valence-electron chi connectivity index (χ4n) is 1.20. The zero-order valence-electron chi connectivity index (χ0n) is 10.2. The van der Waals surface area contributed by atoms with E-state index in [9.17, 15) is 4.79 Å². The molecular weight excluding hydrogens is 188 g/mol. The number of carbonyl (C=O) groups excluding carboxylic acids is 1. The molecule has 1 amide bonds. The Morgan fingerprint density at radius 3 is 2.33 bits per heavy atom. The van der Waals surface area contributed by atoms with Crippen LogP contribution in [-0.4, -0.2) is 12.5 Å². The summed E-state index contributed by atoms with van der Waals surface area (Å²) in [5, 5.41) is 11.7. The van der Waals surface area contributed by atoms with Gasteiger partial charge in [-0.05, 0) is 18.3 Å². The Morgan fingerprint density at radius 2 is 1.93 bits per heavy atom. The van der Waals surface area contributed by atoms with E-state index >= 15 is 0 Å². The van der Waals surface area contributed by atoms with E-state index in [1.165, 1.54) is 0 Å². The number of carbonyl (C=O) groups is 1. The van der Waals surface area contributed by atoms with Crippen LogP contribution in [0.4, 0.5) is 0 Å². The van der Waals surface area contributed by atoms with E-state index in [2.05, 4.69) is 25.2 Å². The first-order chi connectivity index (χ1) is 6.97. The van der Waals surface area contributed by atoms with Crippen LogP contribution in [0.2, 0.25) is 0 Å². The first-order valence-corrected chi connectivity index (χ1v) is 5.63. The van der Waals surface area contributed by atoms with E-state index in [4.69, 9.17) is 5.26 Å². The third-order valence-electron chi connectivity index (χ3n) is 2.42. The van der Waals surface area contributed by atoms with Crippen LogP contribution in [0.1, 0.15) is 40.5 Å². The summed E-state index contributed by atoms with van der Waals surface area (Å²) in [4.78, 5) is 11.4. The molecule has 0 radical (unpaired) electrons. The molecule has 0 bridgehead atoms. The summed E-state index contributed by atoms with van der Waals surface area (Å²) in [6, 6.07) is 2.17. The number of hydrogen-bond donors (Lipinski definition) is 1. The van der Waals surface area contributed by atoms with E-state index in [1.807, 2.05) is 13.8 Å². The minimum absolute atomic E-state index is 0.00380. The summed E-state index contributed by atoms with van der Waals surface area (Å²) in [5.41, 5.74) is 0. The van der Waals surface area contributed by atoms with Crippen molar-refractivity contribution in [3.8, 4) is 6.07 Å². The van der Waals surface area contributed by atoms with Gasteiger partial charge in [-0.15, -0.1) is 0 Å². The van der Waals surface area contributed by atoms with Crippen molar-refractivity contribution in [1.29, 1.82) is 5.26 Å². The molecule has 0 heterocycles. The molecule has 3 nitrogen and oxygen atoms in total. The van der Waals surface area contributed by atoms with Gasteiger partial charge in [0.15, 0.2) is 0 Å². The maximum absolute atomic E-state index is 11.4. The van der Waals surface area contributed by atoms with Crippen LogP contribution in [0, 0.1) is 29.1 Å². The Labute approximate surface area is 92.9 Å². The fraction of sp³-hybridized carbons (Fsp3) is 0.833. The molecule has 0 aliphatic carbocycles. The molecule has 0 saturated heterocycles. The maximum Gasteiger partial charge on any atom is 0.221 e. The largest absolute Gasteiger partial charge is 0.356 e. The smallest absolute Gasteiger partial charge is 0.221 e. The average Bonchev–Trinajstić information content (AvgIpc) is 2.13. The molecule has 1 N–H and O–H groups in total. The molecule has 0 saturated carbocycles. The SMILES string of the molecule is CC(C)CCNC(=O)CC(C#N)C(C)C. The fourth-order valence-corrected chi connectivity index (χ4v) is 1.20. The van der Waals surface area contributed by atoms with Crippen molar-refractivity contribution in [2.45, 2.75) is 40.5 Å². The highest BCUT2D eigenvalue weighted by molar-refractivity contribution is 5.76. The van der Waals surface area contributed by atoms with Crippen LogP contribution in [0.15, 0.2) is 0 Å². The van der Waals surface area contributed by atoms with Gasteiger partial charge < -0.3 is 5.32 Å². The zero-order chi connectivity index (χ0) is 11.8. The second-order valence-corrected chi connectivity index (χ2v) is 4.72. The molecule has 0 aromatic carbocycles. The summed E-state index contributed by atoms with van der Waals surface area (Å²) >= 11 is 0. The molecule has 0 fully saturated rings. The topological polar surface area (TPSA) is 52.9 Å². The lowest BCUT2D eigenvalue weighted by atomic mass is 9.94. The Kier molecular flexibility index (Phi) is 6.77. The Balaban J connectivity index is 3.78. The summed E-state index contributed by atoms with van der Waals surface area (Å²) in [6.45, 7) is 8.90. The van der Waals surface area contributed by atoms with Gasteiger partial charge in [0.1, 0.15) is 0 Å². The number of nitrogens with zero attached hydrogens (tertiary/aromatic N) is 1. The lowest BCUT2D eigenvalue weighted by Crippen LogP contribution is -2.28. The van der Waals surface area contributed by atoms with E-state index in [0.29, 0.717) is 18.9 Å². The lowest BCUT2D eigenvalue weighted by Gasteiger charge is -2.13. The minimum Gasteiger partial charge on any atom is -0.356 e. The number of rotatable bonds is 6. The third kappa shape index (κ3) is 6.96. The molecule has 1 atom stereocenters. The van der Waals surface area contributed by atoms with Gasteiger partial charge in [0.2, 0.25) is 5.91 Å². The quantitative estimate of drug-likeness (QED) is 0.731. The predicted octanol–water partition coefficient (Wildman–Crippen LogP) is 2.33. The number of nitriles is 1. The highest BCUT2D eigenvalue weighted by Gasteiger charge is 2.16. The molecule has 15 heavy (non-hydrogen) atoms.